The van der Waals surface area contributed by atoms with Gasteiger partial charge in [-0.15, -0.1) is 0 Å². The van der Waals surface area contributed by atoms with Gasteiger partial charge in [-0.25, -0.2) is 0 Å². The molecular formula is C16H19N3O2. The molecule has 0 saturated carbocycles. The topological polar surface area (TPSA) is 58.4 Å². The summed E-state index contributed by atoms with van der Waals surface area (Å²) in [4.78, 5) is 14.5. The van der Waals surface area contributed by atoms with Gasteiger partial charge in [0.05, 0.1) is 11.4 Å². The summed E-state index contributed by atoms with van der Waals surface area (Å²) in [6, 6.07) is 7.23. The third-order valence-corrected chi connectivity index (χ3v) is 3.86. The highest BCUT2D eigenvalue weighted by Gasteiger charge is 2.28. The van der Waals surface area contributed by atoms with Crippen molar-refractivity contribution in [1.82, 2.24) is 9.78 Å². The first kappa shape index (κ1) is 13.7. The molecule has 5 nitrogen and oxygen atoms in total. The zero-order chi connectivity index (χ0) is 15.0. The first-order valence-corrected chi connectivity index (χ1v) is 7.29. The average molecular weight is 285 g/mol. The number of phenols is 1. The van der Waals surface area contributed by atoms with E-state index in [1.807, 2.05) is 26.0 Å². The summed E-state index contributed by atoms with van der Waals surface area (Å²) in [6.07, 6.45) is 1.79. The summed E-state index contributed by atoms with van der Waals surface area (Å²) >= 11 is 0. The minimum atomic E-state index is -0.0973. The normalized spacial score (nSPS) is 14.1. The number of hydrogen-bond acceptors (Lipinski definition) is 3. The van der Waals surface area contributed by atoms with E-state index in [9.17, 15) is 9.90 Å². The van der Waals surface area contributed by atoms with Gasteiger partial charge in [-0.1, -0.05) is 12.1 Å². The molecule has 1 aliphatic heterocycles. The highest BCUT2D eigenvalue weighted by Crippen LogP contribution is 2.36. The van der Waals surface area contributed by atoms with E-state index in [-0.39, 0.29) is 11.7 Å². The Morgan fingerprint density at radius 2 is 2.24 bits per heavy atom. The van der Waals surface area contributed by atoms with E-state index in [0.29, 0.717) is 24.5 Å². The van der Waals surface area contributed by atoms with Gasteiger partial charge in [-0.05, 0) is 44.4 Å². The SMILES string of the molecule is CCn1nc(C)cc1C(=O)N1CCCc2cccc(O)c21. The Bertz CT molecular complexity index is 691. The van der Waals surface area contributed by atoms with Crippen LogP contribution in [0.2, 0.25) is 0 Å². The molecule has 0 bridgehead atoms. The highest BCUT2D eigenvalue weighted by molar-refractivity contribution is 6.06. The molecule has 0 aliphatic carbocycles. The number of aromatic hydroxyl groups is 1. The standard InChI is InChI=1S/C16H19N3O2/c1-3-19-13(10-11(2)17-19)16(21)18-9-5-7-12-6-4-8-14(20)15(12)18/h4,6,8,10,20H,3,5,7,9H2,1-2H3. The molecule has 2 aromatic rings. The zero-order valence-electron chi connectivity index (χ0n) is 12.3. The van der Waals surface area contributed by atoms with Gasteiger partial charge in [-0.2, -0.15) is 5.10 Å². The van der Waals surface area contributed by atoms with Crippen molar-refractivity contribution in [2.45, 2.75) is 33.2 Å². The maximum absolute atomic E-state index is 12.9. The second-order valence-electron chi connectivity index (χ2n) is 5.33. The summed E-state index contributed by atoms with van der Waals surface area (Å²) < 4.78 is 1.71. The number of carbonyl (C=O) groups excluding carboxylic acids is 1. The second kappa shape index (κ2) is 5.24. The number of nitrogens with zero attached hydrogens (tertiary/aromatic N) is 3. The predicted molar refractivity (Wildman–Crippen MR) is 80.7 cm³/mol. The van der Waals surface area contributed by atoms with Gasteiger partial charge in [-0.3, -0.25) is 9.48 Å². The molecule has 1 aromatic carbocycles. The maximum atomic E-state index is 12.9. The van der Waals surface area contributed by atoms with Crippen LogP contribution in [0.4, 0.5) is 5.69 Å². The van der Waals surface area contributed by atoms with Crippen molar-refractivity contribution in [3.8, 4) is 5.75 Å². The van der Waals surface area contributed by atoms with E-state index >= 15 is 0 Å². The van der Waals surface area contributed by atoms with Crippen molar-refractivity contribution >= 4 is 11.6 Å². The van der Waals surface area contributed by atoms with Crippen molar-refractivity contribution in [3.05, 3.63) is 41.2 Å². The zero-order valence-corrected chi connectivity index (χ0v) is 12.3. The number of aryl methyl sites for hydroxylation is 3. The van der Waals surface area contributed by atoms with Crippen molar-refractivity contribution in [1.29, 1.82) is 0 Å². The third-order valence-electron chi connectivity index (χ3n) is 3.86. The molecule has 0 atom stereocenters. The lowest BCUT2D eigenvalue weighted by molar-refractivity contribution is 0.0974. The van der Waals surface area contributed by atoms with E-state index in [4.69, 9.17) is 0 Å². The number of para-hydroxylation sites is 1. The molecule has 0 fully saturated rings. The summed E-state index contributed by atoms with van der Waals surface area (Å²) in [5.41, 5.74) is 3.07. The van der Waals surface area contributed by atoms with Gasteiger partial charge in [0.1, 0.15) is 11.4 Å². The molecule has 5 heteroatoms. The molecule has 3 rings (SSSR count). The first-order valence-electron chi connectivity index (χ1n) is 7.29. The number of phenolic OH excluding ortho intramolecular Hbond substituents is 1. The number of fused-ring (bicyclic) bond motifs is 1. The number of hydrogen-bond donors (Lipinski definition) is 1. The molecule has 1 aliphatic rings. The lowest BCUT2D eigenvalue weighted by Crippen LogP contribution is -2.36. The number of benzene rings is 1. The number of carbonyl (C=O) groups is 1. The Morgan fingerprint density at radius 3 is 3.00 bits per heavy atom. The van der Waals surface area contributed by atoms with Crippen LogP contribution in [0.25, 0.3) is 0 Å². The largest absolute Gasteiger partial charge is 0.506 e. The fraction of sp³-hybridized carbons (Fsp3) is 0.375. The first-order chi connectivity index (χ1) is 10.1. The van der Waals surface area contributed by atoms with E-state index < -0.39 is 0 Å². The van der Waals surface area contributed by atoms with E-state index in [1.165, 1.54) is 0 Å². The summed E-state index contributed by atoms with van der Waals surface area (Å²) in [5.74, 6) is 0.0692. The molecule has 110 valence electrons. The van der Waals surface area contributed by atoms with Gasteiger partial charge in [0.2, 0.25) is 0 Å². The molecule has 1 aromatic heterocycles. The summed E-state index contributed by atoms with van der Waals surface area (Å²) in [6.45, 7) is 5.11. The van der Waals surface area contributed by atoms with Crippen LogP contribution in [0.1, 0.15) is 35.1 Å². The Kier molecular flexibility index (Phi) is 3.41. The Balaban J connectivity index is 2.04. The van der Waals surface area contributed by atoms with Gasteiger partial charge in [0.25, 0.3) is 5.91 Å². The Hall–Kier alpha value is -2.30. The van der Waals surface area contributed by atoms with Gasteiger partial charge < -0.3 is 10.0 Å². The van der Waals surface area contributed by atoms with Crippen LogP contribution in [0.15, 0.2) is 24.3 Å². The monoisotopic (exact) mass is 285 g/mol. The van der Waals surface area contributed by atoms with Crippen LogP contribution in [0.5, 0.6) is 5.75 Å². The van der Waals surface area contributed by atoms with Crippen molar-refractivity contribution in [3.63, 3.8) is 0 Å². The molecule has 21 heavy (non-hydrogen) atoms. The Labute approximate surface area is 123 Å². The number of amides is 1. The van der Waals surface area contributed by atoms with Gasteiger partial charge in [0, 0.05) is 13.1 Å². The van der Waals surface area contributed by atoms with Crippen molar-refractivity contribution < 1.29 is 9.90 Å². The molecule has 0 radical (unpaired) electrons. The number of rotatable bonds is 2. The molecule has 0 spiro atoms. The van der Waals surface area contributed by atoms with E-state index in [2.05, 4.69) is 5.10 Å². The molecule has 1 N–H and O–H groups in total. The van der Waals surface area contributed by atoms with Crippen LogP contribution < -0.4 is 4.90 Å². The number of aromatic nitrogens is 2. The molecule has 2 heterocycles. The number of anilines is 1. The predicted octanol–water partition coefficient (Wildman–Crippen LogP) is 2.51. The smallest absolute Gasteiger partial charge is 0.276 e. The fourth-order valence-corrected chi connectivity index (χ4v) is 2.93. The van der Waals surface area contributed by atoms with Crippen LogP contribution in [0, 0.1) is 6.92 Å². The van der Waals surface area contributed by atoms with E-state index in [0.717, 1.165) is 24.1 Å². The summed E-state index contributed by atoms with van der Waals surface area (Å²) in [7, 11) is 0. The lowest BCUT2D eigenvalue weighted by Gasteiger charge is -2.30. The average Bonchev–Trinajstić information content (AvgIpc) is 2.87. The van der Waals surface area contributed by atoms with Crippen LogP contribution >= 0.6 is 0 Å². The van der Waals surface area contributed by atoms with Gasteiger partial charge >= 0.3 is 0 Å². The molecular weight excluding hydrogens is 266 g/mol. The molecule has 0 unspecified atom stereocenters. The van der Waals surface area contributed by atoms with Crippen molar-refractivity contribution in [2.24, 2.45) is 0 Å². The lowest BCUT2D eigenvalue weighted by atomic mass is 10.0. The van der Waals surface area contributed by atoms with E-state index in [1.54, 1.807) is 21.7 Å². The maximum Gasteiger partial charge on any atom is 0.276 e. The summed E-state index contributed by atoms with van der Waals surface area (Å²) in [5, 5.41) is 14.5. The molecule has 0 saturated heterocycles. The van der Waals surface area contributed by atoms with Crippen LogP contribution in [-0.2, 0) is 13.0 Å². The molecule has 1 amide bonds. The third kappa shape index (κ3) is 2.28. The fourth-order valence-electron chi connectivity index (χ4n) is 2.93. The highest BCUT2D eigenvalue weighted by atomic mass is 16.3. The minimum absolute atomic E-state index is 0.0973. The second-order valence-corrected chi connectivity index (χ2v) is 5.33. The Morgan fingerprint density at radius 1 is 1.43 bits per heavy atom. The van der Waals surface area contributed by atoms with Gasteiger partial charge in [0.15, 0.2) is 0 Å². The van der Waals surface area contributed by atoms with Crippen LogP contribution in [-0.4, -0.2) is 27.3 Å². The quantitative estimate of drug-likeness (QED) is 0.922. The minimum Gasteiger partial charge on any atom is -0.506 e. The van der Waals surface area contributed by atoms with Crippen LogP contribution in [0.3, 0.4) is 0 Å². The van der Waals surface area contributed by atoms with Crippen molar-refractivity contribution in [2.75, 3.05) is 11.4 Å².